The minimum atomic E-state index is -0.439. The number of furan rings is 1. The Balaban J connectivity index is 2.33. The van der Waals surface area contributed by atoms with Crippen molar-refractivity contribution in [2.24, 2.45) is 0 Å². The lowest BCUT2D eigenvalue weighted by molar-refractivity contribution is -0.623. The maximum atomic E-state index is 11.7. The summed E-state index contributed by atoms with van der Waals surface area (Å²) < 4.78 is 5.52. The Morgan fingerprint density at radius 1 is 1.11 bits per heavy atom. The Bertz CT molecular complexity index is 539. The molecule has 0 aromatic carbocycles. The average molecular weight is 252 g/mol. The zero-order valence-corrected chi connectivity index (χ0v) is 9.29. The standard InChI is InChI=1S/C9H12N6O3/c10-6-7(11)15(17)9(8(12)14(6)16)13-4-5-2-1-3-18-5/h1-3,13H,4,10-12H2. The van der Waals surface area contributed by atoms with E-state index in [4.69, 9.17) is 21.6 Å². The molecule has 0 radical (unpaired) electrons. The van der Waals surface area contributed by atoms with E-state index in [1.54, 1.807) is 12.1 Å². The molecule has 7 N–H and O–H groups in total. The smallest absolute Gasteiger partial charge is 0.297 e. The maximum absolute atomic E-state index is 11.7. The predicted molar refractivity (Wildman–Crippen MR) is 63.6 cm³/mol. The molecule has 2 aromatic heterocycles. The van der Waals surface area contributed by atoms with Crippen LogP contribution in [-0.4, -0.2) is 0 Å². The molecule has 18 heavy (non-hydrogen) atoms. The van der Waals surface area contributed by atoms with Gasteiger partial charge in [0.15, 0.2) is 0 Å². The van der Waals surface area contributed by atoms with Gasteiger partial charge in [0.05, 0.1) is 6.26 Å². The number of nitrogens with one attached hydrogen (secondary N) is 1. The van der Waals surface area contributed by atoms with E-state index in [9.17, 15) is 10.4 Å². The lowest BCUT2D eigenvalue weighted by atomic mass is 10.4. The molecule has 9 heteroatoms. The number of nitrogen functional groups attached to an aromatic ring is 3. The number of rotatable bonds is 3. The number of hydrogen-bond acceptors (Lipinski definition) is 7. The van der Waals surface area contributed by atoms with Gasteiger partial charge in [-0.2, -0.15) is 0 Å². The van der Waals surface area contributed by atoms with Gasteiger partial charge >= 0.3 is 0 Å². The summed E-state index contributed by atoms with van der Waals surface area (Å²) in [5, 5.41) is 25.9. The predicted octanol–water partition coefficient (Wildman–Crippen LogP) is -1.09. The first-order valence-corrected chi connectivity index (χ1v) is 4.98. The highest BCUT2D eigenvalue weighted by Crippen LogP contribution is 2.15. The van der Waals surface area contributed by atoms with Gasteiger partial charge < -0.3 is 32.0 Å². The molecule has 0 aliphatic heterocycles. The van der Waals surface area contributed by atoms with Gasteiger partial charge in [-0.15, -0.1) is 0 Å². The van der Waals surface area contributed by atoms with Crippen molar-refractivity contribution < 1.29 is 13.9 Å². The molecule has 0 saturated carbocycles. The van der Waals surface area contributed by atoms with Crippen molar-refractivity contribution in [2.45, 2.75) is 6.54 Å². The van der Waals surface area contributed by atoms with Gasteiger partial charge in [0.25, 0.3) is 23.3 Å². The topological polar surface area (TPSA) is 157 Å². The summed E-state index contributed by atoms with van der Waals surface area (Å²) >= 11 is 0. The highest BCUT2D eigenvalue weighted by Gasteiger charge is 2.21. The third-order valence-electron chi connectivity index (χ3n) is 2.37. The molecule has 0 aliphatic carbocycles. The molecule has 0 unspecified atom stereocenters. The van der Waals surface area contributed by atoms with Crippen molar-refractivity contribution in [3.05, 3.63) is 34.6 Å². The molecule has 0 aliphatic rings. The van der Waals surface area contributed by atoms with E-state index in [1.165, 1.54) is 6.26 Å². The fraction of sp³-hybridized carbons (Fsp3) is 0.111. The third-order valence-corrected chi connectivity index (χ3v) is 2.37. The summed E-state index contributed by atoms with van der Waals surface area (Å²) in [6, 6.07) is 3.39. The molecule has 2 aromatic rings. The summed E-state index contributed by atoms with van der Waals surface area (Å²) in [6.07, 6.45) is 1.48. The fourth-order valence-electron chi connectivity index (χ4n) is 1.40. The molecule has 0 amide bonds. The maximum Gasteiger partial charge on any atom is 0.297 e. The van der Waals surface area contributed by atoms with Crippen LogP contribution in [0.4, 0.5) is 23.3 Å². The highest BCUT2D eigenvalue weighted by molar-refractivity contribution is 5.55. The number of anilines is 4. The van der Waals surface area contributed by atoms with Crippen molar-refractivity contribution in [3.63, 3.8) is 0 Å². The zero-order valence-electron chi connectivity index (χ0n) is 9.29. The number of nitrogens with zero attached hydrogens (tertiary/aromatic N) is 2. The molecule has 0 bridgehead atoms. The Morgan fingerprint density at radius 3 is 2.39 bits per heavy atom. The van der Waals surface area contributed by atoms with Crippen LogP contribution in [0.1, 0.15) is 5.76 Å². The van der Waals surface area contributed by atoms with Crippen molar-refractivity contribution in [1.82, 2.24) is 0 Å². The monoisotopic (exact) mass is 252 g/mol. The summed E-state index contributed by atoms with van der Waals surface area (Å²) in [6.45, 7) is 0.183. The molecular weight excluding hydrogens is 240 g/mol. The molecule has 0 fully saturated rings. The molecule has 2 heterocycles. The Labute approximate surface area is 102 Å². The van der Waals surface area contributed by atoms with E-state index < -0.39 is 11.6 Å². The second-order valence-corrected chi connectivity index (χ2v) is 3.53. The summed E-state index contributed by atoms with van der Waals surface area (Å²) in [4.78, 5) is 0. The molecule has 96 valence electrons. The Kier molecular flexibility index (Phi) is 2.72. The van der Waals surface area contributed by atoms with Gasteiger partial charge in [-0.1, -0.05) is 0 Å². The van der Waals surface area contributed by atoms with E-state index in [-0.39, 0.29) is 27.6 Å². The SMILES string of the molecule is Nc1c(N)[n+]([O-])c(NCc2ccco2)c(N)[n+]1[O-]. The van der Waals surface area contributed by atoms with Crippen LogP contribution in [0.5, 0.6) is 0 Å². The van der Waals surface area contributed by atoms with E-state index in [2.05, 4.69) is 5.32 Å². The van der Waals surface area contributed by atoms with Crippen LogP contribution < -0.4 is 32.0 Å². The summed E-state index contributed by atoms with van der Waals surface area (Å²) in [5.74, 6) is -0.814. The third kappa shape index (κ3) is 1.77. The van der Waals surface area contributed by atoms with Gasteiger partial charge in [0.2, 0.25) is 0 Å². The summed E-state index contributed by atoms with van der Waals surface area (Å²) in [5.41, 5.74) is 16.2. The minimum absolute atomic E-state index is 0.173. The van der Waals surface area contributed by atoms with Gasteiger partial charge in [0.1, 0.15) is 12.3 Å². The van der Waals surface area contributed by atoms with E-state index in [0.717, 1.165) is 0 Å². The van der Waals surface area contributed by atoms with E-state index >= 15 is 0 Å². The second-order valence-electron chi connectivity index (χ2n) is 3.53. The van der Waals surface area contributed by atoms with Crippen LogP contribution >= 0.6 is 0 Å². The number of nitrogens with two attached hydrogens (primary N) is 3. The molecule has 0 atom stereocenters. The highest BCUT2D eigenvalue weighted by atomic mass is 16.5. The van der Waals surface area contributed by atoms with Crippen LogP contribution in [-0.2, 0) is 6.54 Å². The Morgan fingerprint density at radius 2 is 1.78 bits per heavy atom. The lowest BCUT2D eigenvalue weighted by Gasteiger charge is -2.18. The van der Waals surface area contributed by atoms with Crippen molar-refractivity contribution >= 4 is 23.3 Å². The number of aromatic nitrogens is 2. The van der Waals surface area contributed by atoms with Crippen molar-refractivity contribution in [3.8, 4) is 0 Å². The first-order valence-electron chi connectivity index (χ1n) is 4.98. The molecular formula is C9H12N6O3. The lowest BCUT2D eigenvalue weighted by Crippen LogP contribution is -2.46. The molecule has 9 nitrogen and oxygen atoms in total. The number of hydrogen-bond donors (Lipinski definition) is 4. The van der Waals surface area contributed by atoms with E-state index in [0.29, 0.717) is 5.76 Å². The van der Waals surface area contributed by atoms with Crippen molar-refractivity contribution in [1.29, 1.82) is 0 Å². The van der Waals surface area contributed by atoms with Gasteiger partial charge in [-0.05, 0) is 12.1 Å². The van der Waals surface area contributed by atoms with E-state index in [1.807, 2.05) is 0 Å². The first-order chi connectivity index (χ1) is 8.52. The van der Waals surface area contributed by atoms with Gasteiger partial charge in [-0.25, -0.2) is 9.46 Å². The average Bonchev–Trinajstić information content (AvgIpc) is 2.87. The van der Waals surface area contributed by atoms with Crippen LogP contribution in [0.25, 0.3) is 0 Å². The summed E-state index contributed by atoms with van der Waals surface area (Å²) in [7, 11) is 0. The largest absolute Gasteiger partial charge is 0.740 e. The second kappa shape index (κ2) is 4.20. The molecule has 2 rings (SSSR count). The normalized spacial score (nSPS) is 10.4. The molecule has 0 saturated heterocycles. The van der Waals surface area contributed by atoms with Crippen LogP contribution in [0.3, 0.4) is 0 Å². The van der Waals surface area contributed by atoms with Crippen molar-refractivity contribution in [2.75, 3.05) is 22.5 Å². The minimum Gasteiger partial charge on any atom is -0.740 e. The van der Waals surface area contributed by atoms with Crippen LogP contribution in [0, 0.1) is 10.4 Å². The molecule has 0 spiro atoms. The zero-order chi connectivity index (χ0) is 13.3. The first kappa shape index (κ1) is 11.6. The van der Waals surface area contributed by atoms with Crippen LogP contribution in [0.15, 0.2) is 22.8 Å². The van der Waals surface area contributed by atoms with Gasteiger partial charge in [0, 0.05) is 0 Å². The fourth-order valence-corrected chi connectivity index (χ4v) is 1.40. The van der Waals surface area contributed by atoms with Crippen LogP contribution in [0.2, 0.25) is 0 Å². The van der Waals surface area contributed by atoms with Gasteiger partial charge in [-0.3, -0.25) is 5.32 Å². The quantitative estimate of drug-likeness (QED) is 0.399. The Hall–Kier alpha value is -2.84.